The minimum Gasteiger partial charge on any atom is -0.360 e. The van der Waals surface area contributed by atoms with Gasteiger partial charge in [0.1, 0.15) is 5.69 Å². The monoisotopic (exact) mass is 356 g/mol. The second kappa shape index (κ2) is 7.81. The molecule has 1 heterocycles. The van der Waals surface area contributed by atoms with Gasteiger partial charge < -0.3 is 15.5 Å². The molecule has 0 spiro atoms. The van der Waals surface area contributed by atoms with Gasteiger partial charge >= 0.3 is 0 Å². The number of carbonyl (C=O) groups excluding carboxylic acids is 1. The quantitative estimate of drug-likeness (QED) is 0.658. The first-order valence-corrected chi connectivity index (χ1v) is 7.70. The molecule has 0 aliphatic carbocycles. The van der Waals surface area contributed by atoms with Crippen LogP contribution in [0.2, 0.25) is 0 Å². The lowest BCUT2D eigenvalue weighted by Crippen LogP contribution is -2.55. The third-order valence-electron chi connectivity index (χ3n) is 4.53. The molecule has 1 fully saturated rings. The molecule has 0 bridgehead atoms. The van der Waals surface area contributed by atoms with E-state index in [0.717, 1.165) is 6.42 Å². The largest absolute Gasteiger partial charge is 0.360 e. The van der Waals surface area contributed by atoms with Crippen LogP contribution in [0.5, 0.6) is 0 Å². The van der Waals surface area contributed by atoms with Crippen LogP contribution in [0.4, 0.5) is 11.4 Å². The minimum absolute atomic E-state index is 0. The fourth-order valence-corrected chi connectivity index (χ4v) is 2.92. The molecular formula is C16H25ClN4O3. The van der Waals surface area contributed by atoms with Crippen molar-refractivity contribution in [3.63, 3.8) is 0 Å². The smallest absolute Gasteiger partial charge is 0.292 e. The number of carbonyl (C=O) groups is 1. The van der Waals surface area contributed by atoms with Crippen molar-refractivity contribution in [1.82, 2.24) is 4.90 Å². The maximum atomic E-state index is 12.5. The molecule has 2 rings (SSSR count). The van der Waals surface area contributed by atoms with Crippen LogP contribution in [0.3, 0.4) is 0 Å². The van der Waals surface area contributed by atoms with E-state index in [4.69, 9.17) is 5.73 Å². The van der Waals surface area contributed by atoms with Crippen LogP contribution in [-0.2, 0) is 4.79 Å². The predicted octanol–water partition coefficient (Wildman–Crippen LogP) is 2.04. The van der Waals surface area contributed by atoms with Gasteiger partial charge in [0.2, 0.25) is 5.91 Å². The topological polar surface area (TPSA) is 92.7 Å². The first kappa shape index (κ1) is 20.2. The molecule has 24 heavy (non-hydrogen) atoms. The van der Waals surface area contributed by atoms with Gasteiger partial charge in [0, 0.05) is 32.2 Å². The van der Waals surface area contributed by atoms with Gasteiger partial charge in [-0.05, 0) is 17.9 Å². The van der Waals surface area contributed by atoms with Crippen molar-refractivity contribution >= 4 is 29.7 Å². The summed E-state index contributed by atoms with van der Waals surface area (Å²) in [5.74, 6) is -0.0365. The molecule has 7 nitrogen and oxygen atoms in total. The molecule has 1 amide bonds. The van der Waals surface area contributed by atoms with E-state index in [1.807, 2.05) is 0 Å². The highest BCUT2D eigenvalue weighted by Crippen LogP contribution is 2.29. The van der Waals surface area contributed by atoms with Gasteiger partial charge in [-0.1, -0.05) is 26.0 Å². The van der Waals surface area contributed by atoms with E-state index in [9.17, 15) is 14.9 Å². The summed E-state index contributed by atoms with van der Waals surface area (Å²) in [6.45, 7) is 5.47. The van der Waals surface area contributed by atoms with Crippen LogP contribution in [0.1, 0.15) is 20.3 Å². The lowest BCUT2D eigenvalue weighted by Gasteiger charge is -2.43. The van der Waals surface area contributed by atoms with Gasteiger partial charge in [-0.2, -0.15) is 0 Å². The number of halogens is 1. The van der Waals surface area contributed by atoms with Crippen LogP contribution in [0, 0.1) is 15.5 Å². The number of likely N-dealkylation sites (N-methyl/N-ethyl adjacent to an activating group) is 1. The van der Waals surface area contributed by atoms with Gasteiger partial charge in [0.25, 0.3) is 5.69 Å². The van der Waals surface area contributed by atoms with Crippen molar-refractivity contribution in [3.05, 3.63) is 34.4 Å². The van der Waals surface area contributed by atoms with Crippen LogP contribution < -0.4 is 10.6 Å². The summed E-state index contributed by atoms with van der Waals surface area (Å²) in [6.07, 6.45) is 0.772. The summed E-state index contributed by atoms with van der Waals surface area (Å²) in [6, 6.07) is 6.53. The Kier molecular flexibility index (Phi) is 6.57. The van der Waals surface area contributed by atoms with Crippen molar-refractivity contribution in [3.8, 4) is 0 Å². The number of rotatable bonds is 4. The molecule has 8 heteroatoms. The van der Waals surface area contributed by atoms with Crippen molar-refractivity contribution in [2.24, 2.45) is 11.1 Å². The zero-order valence-corrected chi connectivity index (χ0v) is 15.1. The fraction of sp³-hybridized carbons (Fsp3) is 0.562. The number of hydrogen-bond donors (Lipinski definition) is 1. The molecular weight excluding hydrogens is 332 g/mol. The number of anilines is 1. The molecule has 1 aliphatic rings. The minimum atomic E-state index is -0.431. The van der Waals surface area contributed by atoms with E-state index in [2.05, 4.69) is 13.8 Å². The zero-order chi connectivity index (χ0) is 17.2. The Morgan fingerprint density at radius 3 is 2.67 bits per heavy atom. The third-order valence-corrected chi connectivity index (χ3v) is 4.53. The molecule has 0 radical (unpaired) electrons. The van der Waals surface area contributed by atoms with Crippen LogP contribution in [0.25, 0.3) is 0 Å². The number of hydrogen-bond acceptors (Lipinski definition) is 5. The average Bonchev–Trinajstić information content (AvgIpc) is 2.49. The van der Waals surface area contributed by atoms with Crippen molar-refractivity contribution in [1.29, 1.82) is 0 Å². The molecule has 1 unspecified atom stereocenters. The maximum absolute atomic E-state index is 12.5. The van der Waals surface area contributed by atoms with Crippen LogP contribution in [0.15, 0.2) is 24.3 Å². The average molecular weight is 357 g/mol. The van der Waals surface area contributed by atoms with Crippen LogP contribution in [-0.4, -0.2) is 48.5 Å². The van der Waals surface area contributed by atoms with Gasteiger partial charge in [0.05, 0.1) is 11.5 Å². The number of nitro benzene ring substituents is 1. The van der Waals surface area contributed by atoms with Crippen molar-refractivity contribution < 1.29 is 9.72 Å². The summed E-state index contributed by atoms with van der Waals surface area (Å²) in [7, 11) is 1.70. The Labute approximate surface area is 148 Å². The maximum Gasteiger partial charge on any atom is 0.292 e. The molecule has 1 atom stereocenters. The lowest BCUT2D eigenvalue weighted by molar-refractivity contribution is -0.384. The van der Waals surface area contributed by atoms with Gasteiger partial charge in [0.15, 0.2) is 0 Å². The van der Waals surface area contributed by atoms with E-state index in [-0.39, 0.29) is 42.0 Å². The Bertz CT molecular complexity index is 609. The number of nitro groups is 1. The van der Waals surface area contributed by atoms with E-state index >= 15 is 0 Å². The second-order valence-electron chi connectivity index (χ2n) is 6.80. The predicted molar refractivity (Wildman–Crippen MR) is 96.6 cm³/mol. The summed E-state index contributed by atoms with van der Waals surface area (Å²) < 4.78 is 0. The summed E-state index contributed by atoms with van der Waals surface area (Å²) in [5.41, 5.74) is 6.42. The molecule has 1 aliphatic heterocycles. The van der Waals surface area contributed by atoms with Crippen molar-refractivity contribution in [2.45, 2.75) is 26.3 Å². The van der Waals surface area contributed by atoms with E-state index in [1.165, 1.54) is 6.07 Å². The number of nitrogens with two attached hydrogens (primary N) is 1. The number of benzene rings is 1. The second-order valence-corrected chi connectivity index (χ2v) is 6.80. The molecule has 1 aromatic carbocycles. The molecule has 1 aromatic rings. The first-order valence-electron chi connectivity index (χ1n) is 7.70. The van der Waals surface area contributed by atoms with Gasteiger partial charge in [-0.15, -0.1) is 12.4 Å². The Hall–Kier alpha value is -1.86. The number of likely N-dealkylation sites (tertiary alicyclic amines) is 1. The first-order chi connectivity index (χ1) is 10.7. The normalized spacial score (nSPS) is 19.3. The third kappa shape index (κ3) is 4.36. The molecule has 134 valence electrons. The highest BCUT2D eigenvalue weighted by molar-refractivity contribution is 5.85. The molecule has 1 saturated heterocycles. The van der Waals surface area contributed by atoms with E-state index < -0.39 is 4.92 Å². The highest BCUT2D eigenvalue weighted by atomic mass is 35.5. The molecule has 0 saturated carbocycles. The van der Waals surface area contributed by atoms with Gasteiger partial charge in [-0.3, -0.25) is 14.9 Å². The number of piperidine rings is 1. The summed E-state index contributed by atoms with van der Waals surface area (Å²) in [5, 5.41) is 11.1. The van der Waals surface area contributed by atoms with Crippen molar-refractivity contribution in [2.75, 3.05) is 31.6 Å². The number of amides is 1. The van der Waals surface area contributed by atoms with E-state index in [0.29, 0.717) is 18.8 Å². The Morgan fingerprint density at radius 1 is 1.46 bits per heavy atom. The fourth-order valence-electron chi connectivity index (χ4n) is 2.92. The lowest BCUT2D eigenvalue weighted by atomic mass is 9.79. The van der Waals surface area contributed by atoms with Crippen LogP contribution >= 0.6 is 12.4 Å². The molecule has 0 aromatic heterocycles. The summed E-state index contributed by atoms with van der Waals surface area (Å²) in [4.78, 5) is 26.6. The number of para-hydroxylation sites is 2. The zero-order valence-electron chi connectivity index (χ0n) is 14.3. The SMILES string of the molecule is CN(CC(=O)N1CCC(N)C(C)(C)C1)c1ccccc1[N+](=O)[O-].Cl. The Morgan fingerprint density at radius 2 is 2.08 bits per heavy atom. The van der Waals surface area contributed by atoms with E-state index in [1.54, 1.807) is 35.0 Å². The number of nitrogens with zero attached hydrogens (tertiary/aromatic N) is 3. The Balaban J connectivity index is 0.00000288. The van der Waals surface area contributed by atoms with Gasteiger partial charge in [-0.25, -0.2) is 0 Å². The summed E-state index contributed by atoms with van der Waals surface area (Å²) >= 11 is 0. The molecule has 2 N–H and O–H groups in total. The standard InChI is InChI=1S/C16H24N4O3.ClH/c1-16(2)11-19(9-8-14(16)17)15(21)10-18(3)12-6-4-5-7-13(12)20(22)23;/h4-7,14H,8-11,17H2,1-3H3;1H. The highest BCUT2D eigenvalue weighted by Gasteiger charge is 2.35.